The molecule has 0 saturated carbocycles. The van der Waals surface area contributed by atoms with Gasteiger partial charge in [0.15, 0.2) is 0 Å². The lowest BCUT2D eigenvalue weighted by molar-refractivity contribution is -0.274. The van der Waals surface area contributed by atoms with Gasteiger partial charge in [-0.3, -0.25) is 9.59 Å². The molecule has 1 unspecified atom stereocenters. The van der Waals surface area contributed by atoms with Gasteiger partial charge in [-0.25, -0.2) is 4.98 Å². The standard InChI is InChI=1S/C15H13F3N2O4S/c1-8-13(25-7-19-8)14(23)20-11(6-12(21)22)9-2-4-10(5-3-9)24-15(16,17)18/h2-5,7,11H,6H2,1H3,(H,20,23)(H,21,22). The quantitative estimate of drug-likeness (QED) is 0.810. The number of carbonyl (C=O) groups excluding carboxylic acids is 1. The number of aliphatic carboxylic acids is 1. The van der Waals surface area contributed by atoms with Crippen LogP contribution in [0.25, 0.3) is 0 Å². The number of carboxylic acid groups (broad SMARTS) is 1. The molecule has 0 aliphatic rings. The summed E-state index contributed by atoms with van der Waals surface area (Å²) in [5, 5.41) is 11.6. The van der Waals surface area contributed by atoms with Crippen molar-refractivity contribution in [3.8, 4) is 5.75 Å². The summed E-state index contributed by atoms with van der Waals surface area (Å²) >= 11 is 1.11. The van der Waals surface area contributed by atoms with Gasteiger partial charge in [0.05, 0.1) is 23.7 Å². The van der Waals surface area contributed by atoms with Crippen LogP contribution in [0, 0.1) is 6.92 Å². The van der Waals surface area contributed by atoms with E-state index in [1.54, 1.807) is 6.92 Å². The Bertz CT molecular complexity index is 759. The number of hydrogen-bond donors (Lipinski definition) is 2. The third kappa shape index (κ3) is 5.45. The molecule has 6 nitrogen and oxygen atoms in total. The molecule has 1 atom stereocenters. The highest BCUT2D eigenvalue weighted by atomic mass is 32.1. The van der Waals surface area contributed by atoms with Crippen molar-refractivity contribution in [2.45, 2.75) is 25.7 Å². The van der Waals surface area contributed by atoms with Gasteiger partial charge in [-0.15, -0.1) is 24.5 Å². The number of hydrogen-bond acceptors (Lipinski definition) is 5. The van der Waals surface area contributed by atoms with Gasteiger partial charge in [0.1, 0.15) is 10.6 Å². The van der Waals surface area contributed by atoms with E-state index < -0.39 is 36.5 Å². The first-order valence-corrected chi connectivity index (χ1v) is 7.82. The Labute approximate surface area is 144 Å². The van der Waals surface area contributed by atoms with Gasteiger partial charge in [-0.2, -0.15) is 0 Å². The van der Waals surface area contributed by atoms with E-state index in [0.717, 1.165) is 23.5 Å². The van der Waals surface area contributed by atoms with Gasteiger partial charge in [-0.05, 0) is 24.6 Å². The molecule has 0 saturated heterocycles. The van der Waals surface area contributed by atoms with Crippen LogP contribution in [0.15, 0.2) is 29.8 Å². The molecule has 2 rings (SSSR count). The summed E-state index contributed by atoms with van der Waals surface area (Å²) in [5.41, 5.74) is 2.33. The number of aromatic nitrogens is 1. The summed E-state index contributed by atoms with van der Waals surface area (Å²) < 4.78 is 40.3. The first-order chi connectivity index (χ1) is 11.7. The largest absolute Gasteiger partial charge is 0.573 e. The molecule has 134 valence electrons. The summed E-state index contributed by atoms with van der Waals surface area (Å²) in [5.74, 6) is -2.10. The maximum absolute atomic E-state index is 12.2. The van der Waals surface area contributed by atoms with Crippen molar-refractivity contribution in [1.82, 2.24) is 10.3 Å². The first kappa shape index (κ1) is 18.7. The van der Waals surface area contributed by atoms with Crippen molar-refractivity contribution in [3.05, 3.63) is 45.9 Å². The Hall–Kier alpha value is -2.62. The van der Waals surface area contributed by atoms with Crippen LogP contribution in [0.2, 0.25) is 0 Å². The fourth-order valence-corrected chi connectivity index (χ4v) is 2.78. The van der Waals surface area contributed by atoms with Crippen molar-refractivity contribution >= 4 is 23.2 Å². The van der Waals surface area contributed by atoms with E-state index >= 15 is 0 Å². The van der Waals surface area contributed by atoms with Crippen molar-refractivity contribution in [2.75, 3.05) is 0 Å². The van der Waals surface area contributed by atoms with Gasteiger partial charge in [0, 0.05) is 0 Å². The second kappa shape index (κ2) is 7.51. The van der Waals surface area contributed by atoms with Crippen LogP contribution in [-0.4, -0.2) is 28.3 Å². The molecule has 2 aromatic rings. The Morgan fingerprint density at radius 3 is 2.44 bits per heavy atom. The molecule has 0 radical (unpaired) electrons. The van der Waals surface area contributed by atoms with E-state index in [9.17, 15) is 22.8 Å². The molecular formula is C15H13F3N2O4S. The Morgan fingerprint density at radius 1 is 1.32 bits per heavy atom. The molecule has 10 heteroatoms. The average molecular weight is 374 g/mol. The van der Waals surface area contributed by atoms with Crippen LogP contribution in [0.5, 0.6) is 5.75 Å². The van der Waals surface area contributed by atoms with Crippen LogP contribution < -0.4 is 10.1 Å². The topological polar surface area (TPSA) is 88.5 Å². The third-order valence-corrected chi connectivity index (χ3v) is 4.08. The summed E-state index contributed by atoms with van der Waals surface area (Å²) in [6.07, 6.45) is -5.25. The maximum Gasteiger partial charge on any atom is 0.573 e. The molecule has 0 aliphatic heterocycles. The summed E-state index contributed by atoms with van der Waals surface area (Å²) in [6, 6.07) is 3.75. The molecule has 1 heterocycles. The fourth-order valence-electron chi connectivity index (χ4n) is 2.07. The van der Waals surface area contributed by atoms with E-state index in [0.29, 0.717) is 16.1 Å². The predicted molar refractivity (Wildman–Crippen MR) is 82.4 cm³/mol. The molecule has 0 aliphatic carbocycles. The van der Waals surface area contributed by atoms with Crippen LogP contribution in [0.3, 0.4) is 0 Å². The fraction of sp³-hybridized carbons (Fsp3) is 0.267. The van der Waals surface area contributed by atoms with Crippen molar-refractivity contribution in [2.24, 2.45) is 0 Å². The Morgan fingerprint density at radius 2 is 1.96 bits per heavy atom. The number of nitrogens with one attached hydrogen (secondary N) is 1. The number of nitrogens with zero attached hydrogens (tertiary/aromatic N) is 1. The number of ether oxygens (including phenoxy) is 1. The van der Waals surface area contributed by atoms with Crippen molar-refractivity contribution < 1.29 is 32.6 Å². The second-order valence-corrected chi connectivity index (χ2v) is 5.86. The smallest absolute Gasteiger partial charge is 0.481 e. The lowest BCUT2D eigenvalue weighted by Crippen LogP contribution is -2.30. The second-order valence-electron chi connectivity index (χ2n) is 5.01. The lowest BCUT2D eigenvalue weighted by Gasteiger charge is -2.18. The van der Waals surface area contributed by atoms with E-state index in [-0.39, 0.29) is 0 Å². The van der Waals surface area contributed by atoms with Crippen LogP contribution >= 0.6 is 11.3 Å². The zero-order valence-electron chi connectivity index (χ0n) is 12.8. The maximum atomic E-state index is 12.2. The number of rotatable bonds is 6. The predicted octanol–water partition coefficient (Wildman–Crippen LogP) is 3.30. The number of carbonyl (C=O) groups is 2. The van der Waals surface area contributed by atoms with E-state index in [4.69, 9.17) is 5.11 Å². The Balaban J connectivity index is 2.18. The zero-order valence-corrected chi connectivity index (χ0v) is 13.6. The highest BCUT2D eigenvalue weighted by molar-refractivity contribution is 7.11. The molecule has 1 aromatic carbocycles. The normalized spacial score (nSPS) is 12.5. The summed E-state index contributed by atoms with van der Waals surface area (Å²) in [7, 11) is 0. The van der Waals surface area contributed by atoms with Gasteiger partial charge >= 0.3 is 12.3 Å². The van der Waals surface area contributed by atoms with E-state index in [2.05, 4.69) is 15.0 Å². The SMILES string of the molecule is Cc1ncsc1C(=O)NC(CC(=O)O)c1ccc(OC(F)(F)F)cc1. The molecule has 1 amide bonds. The molecule has 2 N–H and O–H groups in total. The highest BCUT2D eigenvalue weighted by Gasteiger charge is 2.31. The zero-order chi connectivity index (χ0) is 18.6. The summed E-state index contributed by atoms with van der Waals surface area (Å²) in [6.45, 7) is 1.64. The number of thiazole rings is 1. The average Bonchev–Trinajstić information content (AvgIpc) is 2.91. The molecule has 1 aromatic heterocycles. The number of amides is 1. The van der Waals surface area contributed by atoms with Crippen molar-refractivity contribution in [1.29, 1.82) is 0 Å². The lowest BCUT2D eigenvalue weighted by atomic mass is 10.0. The van der Waals surface area contributed by atoms with Gasteiger partial charge in [0.25, 0.3) is 5.91 Å². The van der Waals surface area contributed by atoms with Crippen LogP contribution in [0.4, 0.5) is 13.2 Å². The minimum atomic E-state index is -4.82. The molecule has 0 spiro atoms. The number of aryl methyl sites for hydroxylation is 1. The molecule has 0 fully saturated rings. The first-order valence-electron chi connectivity index (χ1n) is 6.94. The van der Waals surface area contributed by atoms with Crippen LogP contribution in [-0.2, 0) is 4.79 Å². The van der Waals surface area contributed by atoms with Gasteiger partial charge < -0.3 is 15.2 Å². The minimum Gasteiger partial charge on any atom is -0.481 e. The van der Waals surface area contributed by atoms with Gasteiger partial charge in [-0.1, -0.05) is 12.1 Å². The molecule has 25 heavy (non-hydrogen) atoms. The van der Waals surface area contributed by atoms with Crippen LogP contribution in [0.1, 0.15) is 33.4 Å². The van der Waals surface area contributed by atoms with Crippen molar-refractivity contribution in [3.63, 3.8) is 0 Å². The van der Waals surface area contributed by atoms with E-state index in [1.807, 2.05) is 0 Å². The summed E-state index contributed by atoms with van der Waals surface area (Å²) in [4.78, 5) is 27.6. The Kier molecular flexibility index (Phi) is 5.62. The monoisotopic (exact) mass is 374 g/mol. The number of alkyl halides is 3. The van der Waals surface area contributed by atoms with Gasteiger partial charge in [0.2, 0.25) is 0 Å². The minimum absolute atomic E-state index is 0.340. The van der Waals surface area contributed by atoms with E-state index in [1.165, 1.54) is 17.6 Å². The third-order valence-electron chi connectivity index (χ3n) is 3.15. The molecule has 0 bridgehead atoms. The molecular weight excluding hydrogens is 361 g/mol. The number of halogens is 3. The highest BCUT2D eigenvalue weighted by Crippen LogP contribution is 2.26. The number of benzene rings is 1. The number of carboxylic acids is 1.